The van der Waals surface area contributed by atoms with E-state index in [1.54, 1.807) is 46.3 Å². The van der Waals surface area contributed by atoms with Gasteiger partial charge < -0.3 is 23.8 Å². The van der Waals surface area contributed by atoms with Gasteiger partial charge in [-0.2, -0.15) is 0 Å². The van der Waals surface area contributed by atoms with Crippen molar-refractivity contribution in [2.24, 2.45) is 10.9 Å². The molecule has 242 valence electrons. The van der Waals surface area contributed by atoms with Gasteiger partial charge >= 0.3 is 11.9 Å². The first kappa shape index (κ1) is 34.9. The summed E-state index contributed by atoms with van der Waals surface area (Å²) >= 11 is 0. The van der Waals surface area contributed by atoms with Crippen LogP contribution in [0.25, 0.3) is 0 Å². The van der Waals surface area contributed by atoms with Crippen molar-refractivity contribution < 1.29 is 28.5 Å². The number of nitrogens with zero attached hydrogens (tertiary/aromatic N) is 2. The highest BCUT2D eigenvalue weighted by molar-refractivity contribution is 6.17. The molecule has 0 N–H and O–H groups in total. The Morgan fingerprint density at radius 1 is 0.864 bits per heavy atom. The average molecular weight is 609 g/mol. The predicted octanol–water partition coefficient (Wildman–Crippen LogP) is 8.13. The zero-order valence-electron chi connectivity index (χ0n) is 28.0. The largest absolute Gasteiger partial charge is 0.497 e. The normalized spacial score (nSPS) is 15.5. The van der Waals surface area contributed by atoms with E-state index in [9.17, 15) is 9.59 Å². The smallest absolute Gasteiger partial charge is 0.331 e. The molecule has 2 aromatic carbocycles. The van der Waals surface area contributed by atoms with Crippen LogP contribution in [-0.2, 0) is 31.0 Å². The number of cyclic esters (lactones) is 2. The Morgan fingerprint density at radius 2 is 1.45 bits per heavy atom. The first-order chi connectivity index (χ1) is 20.9. The molecule has 0 amide bonds. The summed E-state index contributed by atoms with van der Waals surface area (Å²) in [6, 6.07) is 13.7. The number of benzene rings is 2. The minimum atomic E-state index is -1.35. The minimum absolute atomic E-state index is 0.0231. The van der Waals surface area contributed by atoms with Crippen LogP contribution in [0.15, 0.2) is 47.5 Å². The van der Waals surface area contributed by atoms with E-state index in [1.807, 2.05) is 4.90 Å². The summed E-state index contributed by atoms with van der Waals surface area (Å²) in [6.07, 6.45) is 9.29. The van der Waals surface area contributed by atoms with E-state index in [2.05, 4.69) is 52.0 Å². The zero-order valence-corrected chi connectivity index (χ0v) is 28.0. The molecule has 0 aromatic heterocycles. The maximum absolute atomic E-state index is 13.4. The van der Waals surface area contributed by atoms with Gasteiger partial charge in [0.05, 0.1) is 14.2 Å². The Bertz CT molecular complexity index is 1240. The Labute approximate surface area is 264 Å². The molecular formula is C36H52N2O6. The van der Waals surface area contributed by atoms with Gasteiger partial charge in [0.2, 0.25) is 5.92 Å². The fourth-order valence-corrected chi connectivity index (χ4v) is 5.29. The van der Waals surface area contributed by atoms with Crippen molar-refractivity contribution in [1.29, 1.82) is 0 Å². The molecule has 8 nitrogen and oxygen atoms in total. The van der Waals surface area contributed by atoms with Crippen molar-refractivity contribution >= 4 is 23.5 Å². The van der Waals surface area contributed by atoms with E-state index in [0.29, 0.717) is 30.3 Å². The molecular weight excluding hydrogens is 556 g/mol. The highest BCUT2D eigenvalue weighted by Gasteiger charge is 2.47. The van der Waals surface area contributed by atoms with Crippen LogP contribution in [0.4, 0.5) is 5.69 Å². The van der Waals surface area contributed by atoms with Crippen LogP contribution in [0.3, 0.4) is 0 Å². The second kappa shape index (κ2) is 16.0. The summed E-state index contributed by atoms with van der Waals surface area (Å²) in [7, 11) is 3.13. The second-order valence-electron chi connectivity index (χ2n) is 13.0. The maximum atomic E-state index is 13.4. The number of hydrogen-bond donors (Lipinski definition) is 0. The van der Waals surface area contributed by atoms with Crippen LogP contribution in [0.1, 0.15) is 104 Å². The van der Waals surface area contributed by atoms with E-state index < -0.39 is 23.6 Å². The third-order valence-electron chi connectivity index (χ3n) is 7.84. The fraction of sp³-hybridized carbons (Fsp3) is 0.583. The molecule has 0 atom stereocenters. The molecule has 1 aliphatic rings. The molecule has 1 aliphatic heterocycles. The standard InChI is InChI=1S/C36H52N2O6/c1-9-10-11-12-13-14-15-16-23-38(25-26-17-19-27(20-18-26)35(2,3)4)32(31-33(39)43-36(5,6)44-34(31)40)37-29-22-21-28(41-7)24-30(29)42-8/h17-22,24,31H,9-16,23,25H2,1-8H3. The Morgan fingerprint density at radius 3 is 2.00 bits per heavy atom. The van der Waals surface area contributed by atoms with Gasteiger partial charge in [-0.15, -0.1) is 0 Å². The van der Waals surface area contributed by atoms with E-state index >= 15 is 0 Å². The zero-order chi connectivity index (χ0) is 32.3. The number of carbonyl (C=O) groups is 2. The third-order valence-corrected chi connectivity index (χ3v) is 7.84. The van der Waals surface area contributed by atoms with Crippen molar-refractivity contribution in [3.05, 3.63) is 53.6 Å². The van der Waals surface area contributed by atoms with E-state index in [0.717, 1.165) is 24.8 Å². The Hall–Kier alpha value is -3.55. The number of esters is 2. The number of amidine groups is 1. The first-order valence-corrected chi connectivity index (χ1v) is 16.0. The van der Waals surface area contributed by atoms with Crippen molar-refractivity contribution in [2.75, 3.05) is 20.8 Å². The van der Waals surface area contributed by atoms with Gasteiger partial charge in [0.1, 0.15) is 23.0 Å². The number of aliphatic imine (C=N–C) groups is 1. The van der Waals surface area contributed by atoms with Crippen LogP contribution < -0.4 is 9.47 Å². The molecule has 0 saturated carbocycles. The summed E-state index contributed by atoms with van der Waals surface area (Å²) in [5.41, 5.74) is 2.77. The van der Waals surface area contributed by atoms with Crippen molar-refractivity contribution in [2.45, 2.75) is 111 Å². The van der Waals surface area contributed by atoms with Crippen molar-refractivity contribution in [1.82, 2.24) is 4.90 Å². The lowest BCUT2D eigenvalue weighted by Gasteiger charge is -2.36. The molecule has 44 heavy (non-hydrogen) atoms. The highest BCUT2D eigenvalue weighted by atomic mass is 16.7. The second-order valence-corrected chi connectivity index (χ2v) is 13.0. The van der Waals surface area contributed by atoms with Crippen LogP contribution in [0, 0.1) is 5.92 Å². The van der Waals surface area contributed by atoms with Gasteiger partial charge in [0, 0.05) is 33.0 Å². The molecule has 0 spiro atoms. The van der Waals surface area contributed by atoms with Crippen LogP contribution >= 0.6 is 0 Å². The Balaban J connectivity index is 2.01. The highest BCUT2D eigenvalue weighted by Crippen LogP contribution is 2.34. The SMILES string of the molecule is CCCCCCCCCCN(Cc1ccc(C(C)(C)C)cc1)C(=Nc1ccc(OC)cc1OC)C1C(=O)OC(C)(C)OC1=O. The molecule has 1 saturated heterocycles. The number of hydrogen-bond acceptors (Lipinski definition) is 7. The lowest BCUT2D eigenvalue weighted by atomic mass is 9.86. The van der Waals surface area contributed by atoms with Gasteiger partial charge in [-0.3, -0.25) is 9.59 Å². The molecule has 3 rings (SSSR count). The first-order valence-electron chi connectivity index (χ1n) is 16.0. The lowest BCUT2D eigenvalue weighted by molar-refractivity contribution is -0.236. The van der Waals surface area contributed by atoms with Gasteiger partial charge in [0.15, 0.2) is 0 Å². The Kier molecular flexibility index (Phi) is 12.7. The van der Waals surface area contributed by atoms with Crippen LogP contribution in [-0.4, -0.2) is 49.2 Å². The fourth-order valence-electron chi connectivity index (χ4n) is 5.29. The van der Waals surface area contributed by atoms with Gasteiger partial charge in [-0.1, -0.05) is 96.9 Å². The average Bonchev–Trinajstić information content (AvgIpc) is 2.96. The molecule has 2 aromatic rings. The van der Waals surface area contributed by atoms with E-state index in [-0.39, 0.29) is 11.3 Å². The molecule has 1 fully saturated rings. The summed E-state index contributed by atoms with van der Waals surface area (Å²) in [4.78, 5) is 33.8. The van der Waals surface area contributed by atoms with Gasteiger partial charge in [0.25, 0.3) is 5.79 Å². The number of rotatable bonds is 15. The molecule has 8 heteroatoms. The van der Waals surface area contributed by atoms with E-state index in [1.165, 1.54) is 37.7 Å². The van der Waals surface area contributed by atoms with E-state index in [4.69, 9.17) is 23.9 Å². The number of ether oxygens (including phenoxy) is 4. The molecule has 0 unspecified atom stereocenters. The molecule has 0 aliphatic carbocycles. The molecule has 1 heterocycles. The maximum Gasteiger partial charge on any atom is 0.331 e. The summed E-state index contributed by atoms with van der Waals surface area (Å²) < 4.78 is 22.1. The van der Waals surface area contributed by atoms with Crippen molar-refractivity contribution in [3.63, 3.8) is 0 Å². The molecule has 0 radical (unpaired) electrons. The lowest BCUT2D eigenvalue weighted by Crippen LogP contribution is -2.52. The summed E-state index contributed by atoms with van der Waals surface area (Å²) in [5, 5.41) is 0. The topological polar surface area (TPSA) is 86.7 Å². The minimum Gasteiger partial charge on any atom is -0.497 e. The van der Waals surface area contributed by atoms with Crippen molar-refractivity contribution in [3.8, 4) is 11.5 Å². The van der Waals surface area contributed by atoms with Crippen LogP contribution in [0.5, 0.6) is 11.5 Å². The van der Waals surface area contributed by atoms with Crippen LogP contribution in [0.2, 0.25) is 0 Å². The molecule has 0 bridgehead atoms. The number of methoxy groups -OCH3 is 2. The number of carbonyl (C=O) groups excluding carboxylic acids is 2. The monoisotopic (exact) mass is 608 g/mol. The quantitative estimate of drug-likeness (QED) is 0.0663. The summed E-state index contributed by atoms with van der Waals surface area (Å²) in [5.74, 6) is -2.70. The number of unbranched alkanes of at least 4 members (excludes halogenated alkanes) is 7. The van der Waals surface area contributed by atoms with Gasteiger partial charge in [-0.25, -0.2) is 4.99 Å². The van der Waals surface area contributed by atoms with Gasteiger partial charge in [-0.05, 0) is 35.1 Å². The third kappa shape index (κ3) is 10.00. The predicted molar refractivity (Wildman–Crippen MR) is 175 cm³/mol. The summed E-state index contributed by atoms with van der Waals surface area (Å²) in [6.45, 7) is 13.0.